The number of halogens is 3. The van der Waals surface area contributed by atoms with Crippen molar-refractivity contribution in [2.75, 3.05) is 0 Å². The van der Waals surface area contributed by atoms with Crippen LogP contribution in [-0.4, -0.2) is 6.36 Å². The van der Waals surface area contributed by atoms with E-state index in [1.165, 1.54) is 6.07 Å². The van der Waals surface area contributed by atoms with E-state index < -0.39 is 14.3 Å². The highest BCUT2D eigenvalue weighted by Gasteiger charge is 2.33. The minimum absolute atomic E-state index is 0.149. The average molecular weight is 346 g/mol. The number of rotatable bonds is 4. The molecular formula is C19H14F3OP. The molecule has 5 heteroatoms. The van der Waals surface area contributed by atoms with Crippen LogP contribution in [0.5, 0.6) is 5.75 Å². The van der Waals surface area contributed by atoms with Crippen molar-refractivity contribution >= 4 is 23.8 Å². The third-order valence-corrected chi connectivity index (χ3v) is 5.84. The molecule has 0 amide bonds. The molecule has 0 saturated heterocycles. The third kappa shape index (κ3) is 3.95. The van der Waals surface area contributed by atoms with E-state index in [-0.39, 0.29) is 5.75 Å². The van der Waals surface area contributed by atoms with E-state index in [4.69, 9.17) is 0 Å². The van der Waals surface area contributed by atoms with E-state index in [1.54, 1.807) is 18.2 Å². The molecule has 0 N–H and O–H groups in total. The van der Waals surface area contributed by atoms with E-state index in [0.717, 1.165) is 10.6 Å². The molecule has 1 nitrogen and oxygen atoms in total. The highest BCUT2D eigenvalue weighted by molar-refractivity contribution is 7.80. The van der Waals surface area contributed by atoms with Gasteiger partial charge in [0.2, 0.25) is 0 Å². The summed E-state index contributed by atoms with van der Waals surface area (Å²) in [5.41, 5.74) is 0. The quantitative estimate of drug-likeness (QED) is 0.639. The minimum atomic E-state index is -4.72. The summed E-state index contributed by atoms with van der Waals surface area (Å²) in [6.45, 7) is 0. The van der Waals surface area contributed by atoms with E-state index in [2.05, 4.69) is 4.74 Å². The van der Waals surface area contributed by atoms with Crippen LogP contribution in [0.25, 0.3) is 0 Å². The first-order valence-electron chi connectivity index (χ1n) is 7.29. The van der Waals surface area contributed by atoms with E-state index in [0.29, 0.717) is 5.30 Å². The van der Waals surface area contributed by atoms with Crippen molar-refractivity contribution in [3.8, 4) is 5.75 Å². The van der Waals surface area contributed by atoms with Gasteiger partial charge in [0.15, 0.2) is 0 Å². The van der Waals surface area contributed by atoms with Crippen molar-refractivity contribution in [3.63, 3.8) is 0 Å². The molecule has 3 aromatic rings. The molecule has 0 aliphatic carbocycles. The normalized spacial score (nSPS) is 11.5. The lowest BCUT2D eigenvalue weighted by molar-refractivity contribution is -0.274. The first-order chi connectivity index (χ1) is 11.5. The molecule has 122 valence electrons. The second-order valence-corrected chi connectivity index (χ2v) is 7.21. The predicted molar refractivity (Wildman–Crippen MR) is 91.8 cm³/mol. The van der Waals surface area contributed by atoms with Gasteiger partial charge in [-0.3, -0.25) is 0 Å². The van der Waals surface area contributed by atoms with Gasteiger partial charge in [0.1, 0.15) is 5.75 Å². The molecule has 0 bridgehead atoms. The predicted octanol–water partition coefficient (Wildman–Crippen LogP) is 4.34. The maximum Gasteiger partial charge on any atom is 0.573 e. The standard InChI is InChI=1S/C19H14F3OP/c20-19(21,22)23-17-13-7-8-14-18(17)24(15-9-3-1-4-10-15)16-11-5-2-6-12-16/h1-14H. The Bertz CT molecular complexity index is 749. The summed E-state index contributed by atoms with van der Waals surface area (Å²) >= 11 is 0. The number of benzene rings is 3. The summed E-state index contributed by atoms with van der Waals surface area (Å²) in [6, 6.07) is 25.4. The van der Waals surface area contributed by atoms with Gasteiger partial charge in [0, 0.05) is 5.30 Å². The lowest BCUT2D eigenvalue weighted by atomic mass is 10.3. The van der Waals surface area contributed by atoms with Crippen LogP contribution in [0.3, 0.4) is 0 Å². The largest absolute Gasteiger partial charge is 0.573 e. The molecule has 0 aliphatic rings. The van der Waals surface area contributed by atoms with Crippen LogP contribution >= 0.6 is 7.92 Å². The van der Waals surface area contributed by atoms with Gasteiger partial charge >= 0.3 is 6.36 Å². The summed E-state index contributed by atoms with van der Waals surface area (Å²) < 4.78 is 42.6. The van der Waals surface area contributed by atoms with Crippen LogP contribution < -0.4 is 20.7 Å². The van der Waals surface area contributed by atoms with E-state index in [9.17, 15) is 13.2 Å². The van der Waals surface area contributed by atoms with Gasteiger partial charge in [0.25, 0.3) is 0 Å². The Hall–Kier alpha value is -2.32. The Balaban J connectivity index is 2.14. The highest BCUT2D eigenvalue weighted by Crippen LogP contribution is 2.37. The zero-order valence-electron chi connectivity index (χ0n) is 12.6. The van der Waals surface area contributed by atoms with Crippen LogP contribution in [0, 0.1) is 0 Å². The van der Waals surface area contributed by atoms with Gasteiger partial charge in [0.05, 0.1) is 0 Å². The lowest BCUT2D eigenvalue weighted by Gasteiger charge is -2.22. The fraction of sp³-hybridized carbons (Fsp3) is 0.0526. The summed E-state index contributed by atoms with van der Waals surface area (Å²) in [5.74, 6) is -0.149. The van der Waals surface area contributed by atoms with Crippen molar-refractivity contribution in [3.05, 3.63) is 84.9 Å². The molecule has 0 aromatic heterocycles. The Kier molecular flexibility index (Phi) is 4.86. The van der Waals surface area contributed by atoms with Crippen LogP contribution in [-0.2, 0) is 0 Å². The van der Waals surface area contributed by atoms with Crippen LogP contribution in [0.15, 0.2) is 84.9 Å². The fourth-order valence-electron chi connectivity index (χ4n) is 2.43. The molecule has 0 aliphatic heterocycles. The Morgan fingerprint density at radius 3 is 1.58 bits per heavy atom. The smallest absolute Gasteiger partial charge is 0.405 e. The maximum absolute atomic E-state index is 12.8. The molecule has 3 aromatic carbocycles. The first kappa shape index (κ1) is 16.5. The Morgan fingerprint density at radius 2 is 1.08 bits per heavy atom. The molecule has 0 saturated carbocycles. The Labute approximate surface area is 139 Å². The van der Waals surface area contributed by atoms with E-state index in [1.807, 2.05) is 60.7 Å². The lowest BCUT2D eigenvalue weighted by Crippen LogP contribution is -2.26. The van der Waals surface area contributed by atoms with Crippen molar-refractivity contribution in [2.45, 2.75) is 6.36 Å². The number of hydrogen-bond donors (Lipinski definition) is 0. The highest BCUT2D eigenvalue weighted by atomic mass is 31.1. The number of para-hydroxylation sites is 1. The van der Waals surface area contributed by atoms with Gasteiger partial charge in [-0.1, -0.05) is 78.9 Å². The molecule has 0 unspecified atom stereocenters. The van der Waals surface area contributed by atoms with Crippen LogP contribution in [0.4, 0.5) is 13.2 Å². The minimum Gasteiger partial charge on any atom is -0.405 e. The van der Waals surface area contributed by atoms with Crippen LogP contribution in [0.2, 0.25) is 0 Å². The topological polar surface area (TPSA) is 9.23 Å². The zero-order chi connectivity index (χ0) is 17.0. The molecule has 0 radical (unpaired) electrons. The fourth-order valence-corrected chi connectivity index (χ4v) is 4.80. The number of ether oxygens (including phenoxy) is 1. The summed E-state index contributed by atoms with van der Waals surface area (Å²) in [6.07, 6.45) is -4.72. The van der Waals surface area contributed by atoms with E-state index >= 15 is 0 Å². The molecule has 0 fully saturated rings. The molecule has 3 rings (SSSR count). The molecule has 0 heterocycles. The van der Waals surface area contributed by atoms with Crippen molar-refractivity contribution in [1.29, 1.82) is 0 Å². The van der Waals surface area contributed by atoms with Crippen LogP contribution in [0.1, 0.15) is 0 Å². The average Bonchev–Trinajstić information content (AvgIpc) is 2.57. The monoisotopic (exact) mass is 346 g/mol. The number of alkyl halides is 3. The first-order valence-corrected chi connectivity index (χ1v) is 8.64. The SMILES string of the molecule is FC(F)(F)Oc1ccccc1P(c1ccccc1)c1ccccc1. The summed E-state index contributed by atoms with van der Waals surface area (Å²) in [5, 5.41) is 2.48. The van der Waals surface area contributed by atoms with Gasteiger partial charge in [-0.2, -0.15) is 0 Å². The summed E-state index contributed by atoms with van der Waals surface area (Å²) in [7, 11) is -1.14. The second kappa shape index (κ2) is 7.06. The maximum atomic E-state index is 12.8. The van der Waals surface area contributed by atoms with Crippen molar-refractivity contribution < 1.29 is 17.9 Å². The third-order valence-electron chi connectivity index (χ3n) is 3.36. The molecule has 0 spiro atoms. The molecule has 24 heavy (non-hydrogen) atoms. The van der Waals surface area contributed by atoms with Gasteiger partial charge in [-0.05, 0) is 24.6 Å². The zero-order valence-corrected chi connectivity index (χ0v) is 13.5. The molecular weight excluding hydrogens is 332 g/mol. The summed E-state index contributed by atoms with van der Waals surface area (Å²) in [4.78, 5) is 0. The second-order valence-electron chi connectivity index (χ2n) is 5.02. The van der Waals surface area contributed by atoms with Gasteiger partial charge in [-0.15, -0.1) is 13.2 Å². The number of hydrogen-bond acceptors (Lipinski definition) is 1. The Morgan fingerprint density at radius 1 is 0.625 bits per heavy atom. The molecule has 0 atom stereocenters. The van der Waals surface area contributed by atoms with Gasteiger partial charge in [-0.25, -0.2) is 0 Å². The van der Waals surface area contributed by atoms with Gasteiger partial charge < -0.3 is 4.74 Å². The van der Waals surface area contributed by atoms with Crippen molar-refractivity contribution in [2.24, 2.45) is 0 Å². The van der Waals surface area contributed by atoms with Crippen molar-refractivity contribution in [1.82, 2.24) is 0 Å².